The van der Waals surface area contributed by atoms with Crippen molar-refractivity contribution in [2.45, 2.75) is 37.4 Å². The van der Waals surface area contributed by atoms with E-state index in [2.05, 4.69) is 15.2 Å². The van der Waals surface area contributed by atoms with Crippen molar-refractivity contribution in [1.82, 2.24) is 25.0 Å². The maximum absolute atomic E-state index is 13.9. The summed E-state index contributed by atoms with van der Waals surface area (Å²) >= 11 is 7.84. The average molecular weight is 617 g/mol. The lowest BCUT2D eigenvalue weighted by molar-refractivity contribution is -0.143. The second-order valence-electron chi connectivity index (χ2n) is 10.9. The first-order valence-corrected chi connectivity index (χ1v) is 15.0. The molecule has 42 heavy (non-hydrogen) atoms. The first-order chi connectivity index (χ1) is 20.2. The maximum atomic E-state index is 13.9. The van der Waals surface area contributed by atoms with Crippen LogP contribution in [0.1, 0.15) is 35.9 Å². The van der Waals surface area contributed by atoms with Crippen LogP contribution in [0.15, 0.2) is 46.0 Å². The first kappa shape index (κ1) is 28.6. The van der Waals surface area contributed by atoms with Crippen LogP contribution in [0.25, 0.3) is 0 Å². The Bertz CT molecular complexity index is 1470. The van der Waals surface area contributed by atoms with Crippen LogP contribution >= 0.6 is 22.9 Å². The predicted molar refractivity (Wildman–Crippen MR) is 153 cm³/mol. The fourth-order valence-corrected chi connectivity index (χ4v) is 7.37. The second-order valence-corrected chi connectivity index (χ2v) is 12.2. The molecule has 1 aromatic carbocycles. The number of piperazine rings is 1. The van der Waals surface area contributed by atoms with E-state index in [-0.39, 0.29) is 28.7 Å². The van der Waals surface area contributed by atoms with Crippen LogP contribution in [-0.4, -0.2) is 101 Å². The third kappa shape index (κ3) is 5.25. The van der Waals surface area contributed by atoms with Gasteiger partial charge in [-0.3, -0.25) is 14.7 Å². The number of urea groups is 1. The van der Waals surface area contributed by atoms with Gasteiger partial charge in [0.2, 0.25) is 0 Å². The molecule has 1 aliphatic carbocycles. The number of hydrogen-bond acceptors (Lipinski definition) is 9. The number of halogens is 2. The van der Waals surface area contributed by atoms with Gasteiger partial charge in [-0.25, -0.2) is 19.0 Å². The van der Waals surface area contributed by atoms with Gasteiger partial charge in [0.25, 0.3) is 0 Å². The third-order valence-electron chi connectivity index (χ3n) is 8.47. The number of hydrogen-bond donors (Lipinski definition) is 2. The SMILES string of the molecule is COC(=O)C1=C(CN2CCN3C(=O)N(C4CCCC4C(=O)O)CC3C2)NC(c2nccs2)=NC1c1ccc(F)cc1Cl. The van der Waals surface area contributed by atoms with E-state index in [1.807, 2.05) is 10.3 Å². The topological polar surface area (TPSA) is 128 Å². The number of thiazole rings is 1. The predicted octanol–water partition coefficient (Wildman–Crippen LogP) is 3.13. The molecule has 1 aromatic heterocycles. The van der Waals surface area contributed by atoms with Crippen LogP contribution in [0, 0.1) is 11.7 Å². The number of methoxy groups -OCH3 is 1. The van der Waals surface area contributed by atoms with Crippen LogP contribution in [0.5, 0.6) is 0 Å². The average Bonchev–Trinajstić information content (AvgIpc) is 3.73. The Morgan fingerprint density at radius 3 is 2.79 bits per heavy atom. The van der Waals surface area contributed by atoms with E-state index in [1.54, 1.807) is 11.1 Å². The largest absolute Gasteiger partial charge is 0.481 e. The molecule has 4 heterocycles. The molecule has 2 aromatic rings. The highest BCUT2D eigenvalue weighted by atomic mass is 35.5. The number of fused-ring (bicyclic) bond motifs is 1. The van der Waals surface area contributed by atoms with Gasteiger partial charge in [-0.05, 0) is 25.0 Å². The monoisotopic (exact) mass is 616 g/mol. The Morgan fingerprint density at radius 2 is 2.07 bits per heavy atom. The summed E-state index contributed by atoms with van der Waals surface area (Å²) in [6.07, 6.45) is 3.72. The number of aliphatic carboxylic acids is 1. The number of amidine groups is 1. The van der Waals surface area contributed by atoms with Gasteiger partial charge in [0.15, 0.2) is 10.8 Å². The lowest BCUT2D eigenvalue weighted by atomic mass is 9.95. The molecule has 1 saturated carbocycles. The van der Waals surface area contributed by atoms with Crippen LogP contribution < -0.4 is 5.32 Å². The van der Waals surface area contributed by atoms with Crippen molar-refractivity contribution in [3.63, 3.8) is 0 Å². The molecule has 0 radical (unpaired) electrons. The van der Waals surface area contributed by atoms with Crippen LogP contribution in [-0.2, 0) is 14.3 Å². The van der Waals surface area contributed by atoms with E-state index in [0.717, 1.165) is 6.42 Å². The number of ether oxygens (including phenoxy) is 1. The zero-order chi connectivity index (χ0) is 29.5. The number of carboxylic acid groups (broad SMARTS) is 1. The molecule has 3 fully saturated rings. The number of carbonyl (C=O) groups is 3. The van der Waals surface area contributed by atoms with Crippen LogP contribution in [0.3, 0.4) is 0 Å². The van der Waals surface area contributed by atoms with E-state index >= 15 is 0 Å². The van der Waals surface area contributed by atoms with Gasteiger partial charge in [0.05, 0.1) is 24.6 Å². The number of amides is 2. The Hall–Kier alpha value is -3.55. The van der Waals surface area contributed by atoms with Crippen molar-refractivity contribution < 1.29 is 28.6 Å². The number of carboxylic acids is 1. The number of benzene rings is 1. The third-order valence-corrected chi connectivity index (χ3v) is 9.57. The minimum Gasteiger partial charge on any atom is -0.481 e. The van der Waals surface area contributed by atoms with Crippen molar-refractivity contribution in [2.75, 3.05) is 39.8 Å². The molecule has 4 unspecified atom stereocenters. The fraction of sp³-hybridized carbons (Fsp3) is 0.464. The number of nitrogens with zero attached hydrogens (tertiary/aromatic N) is 5. The summed E-state index contributed by atoms with van der Waals surface area (Å²) in [5.74, 6) is -2.03. The van der Waals surface area contributed by atoms with Gasteiger partial charge in [0.1, 0.15) is 11.9 Å². The summed E-state index contributed by atoms with van der Waals surface area (Å²) in [4.78, 5) is 53.2. The number of nitrogens with one attached hydrogen (secondary N) is 1. The molecule has 4 aliphatic rings. The van der Waals surface area contributed by atoms with Crippen molar-refractivity contribution in [3.05, 3.63) is 62.5 Å². The van der Waals surface area contributed by atoms with Gasteiger partial charge < -0.3 is 25.0 Å². The lowest BCUT2D eigenvalue weighted by Crippen LogP contribution is -2.53. The van der Waals surface area contributed by atoms with Crippen LogP contribution in [0.4, 0.5) is 9.18 Å². The number of aromatic nitrogens is 1. The maximum Gasteiger partial charge on any atom is 0.338 e. The Morgan fingerprint density at radius 1 is 1.24 bits per heavy atom. The molecular weight excluding hydrogens is 587 g/mol. The van der Waals surface area contributed by atoms with Crippen molar-refractivity contribution in [3.8, 4) is 0 Å². The fourth-order valence-electron chi connectivity index (χ4n) is 6.51. The Kier molecular flexibility index (Phi) is 7.90. The number of carbonyl (C=O) groups excluding carboxylic acids is 2. The van der Waals surface area contributed by atoms with Gasteiger partial charge >= 0.3 is 18.0 Å². The summed E-state index contributed by atoms with van der Waals surface area (Å²) in [5.41, 5.74) is 1.27. The highest BCUT2D eigenvalue weighted by molar-refractivity contribution is 7.11. The quantitative estimate of drug-likeness (QED) is 0.454. The van der Waals surface area contributed by atoms with Gasteiger partial charge in [0, 0.05) is 66.6 Å². The lowest BCUT2D eigenvalue weighted by Gasteiger charge is -2.38. The second kappa shape index (κ2) is 11.6. The molecule has 6 rings (SSSR count). The Labute approximate surface area is 250 Å². The minimum absolute atomic E-state index is 0.104. The standard InChI is InChI=1S/C28H30ClFN6O5S/c1-41-27(39)22-20(32-24(25-31-7-10-42-25)33-23(22)17-6-5-15(30)11-19(17)29)14-34-8-9-35-16(12-34)13-36(28(35)40)21-4-2-3-18(21)26(37)38/h5-7,10-11,16,18,21,23H,2-4,8-9,12-14H2,1H3,(H,32,33)(H,37,38). The zero-order valence-corrected chi connectivity index (χ0v) is 24.4. The van der Waals surface area contributed by atoms with Gasteiger partial charge in [-0.1, -0.05) is 24.1 Å². The number of rotatable bonds is 7. The van der Waals surface area contributed by atoms with Crippen LogP contribution in [0.2, 0.25) is 5.02 Å². The highest BCUT2D eigenvalue weighted by Crippen LogP contribution is 2.38. The molecule has 222 valence electrons. The summed E-state index contributed by atoms with van der Waals surface area (Å²) in [5, 5.41) is 15.5. The molecule has 14 heteroatoms. The van der Waals surface area contributed by atoms with Crippen molar-refractivity contribution in [2.24, 2.45) is 10.9 Å². The molecule has 11 nitrogen and oxygen atoms in total. The summed E-state index contributed by atoms with van der Waals surface area (Å²) in [6, 6.07) is 2.61. The number of aliphatic imine (C=N–C) groups is 1. The Balaban J connectivity index is 1.28. The molecule has 2 N–H and O–H groups in total. The van der Waals surface area contributed by atoms with Gasteiger partial charge in [-0.15, -0.1) is 11.3 Å². The molecule has 2 amide bonds. The van der Waals surface area contributed by atoms with Crippen molar-refractivity contribution >= 4 is 46.7 Å². The highest BCUT2D eigenvalue weighted by Gasteiger charge is 2.48. The summed E-state index contributed by atoms with van der Waals surface area (Å²) in [7, 11) is 1.29. The first-order valence-electron chi connectivity index (χ1n) is 13.8. The van der Waals surface area contributed by atoms with E-state index in [0.29, 0.717) is 67.7 Å². The molecular formula is C28H30ClFN6O5S. The molecule has 3 aliphatic heterocycles. The molecule has 0 spiro atoms. The van der Waals surface area contributed by atoms with E-state index in [4.69, 9.17) is 21.3 Å². The van der Waals surface area contributed by atoms with Gasteiger partial charge in [-0.2, -0.15) is 0 Å². The molecule has 2 saturated heterocycles. The number of esters is 1. The zero-order valence-electron chi connectivity index (χ0n) is 22.8. The minimum atomic E-state index is -0.860. The van der Waals surface area contributed by atoms with E-state index < -0.39 is 29.7 Å². The summed E-state index contributed by atoms with van der Waals surface area (Å²) in [6.45, 7) is 2.35. The van der Waals surface area contributed by atoms with E-state index in [9.17, 15) is 23.9 Å². The molecule has 4 atom stereocenters. The summed E-state index contributed by atoms with van der Waals surface area (Å²) < 4.78 is 19.1. The smallest absolute Gasteiger partial charge is 0.338 e. The van der Waals surface area contributed by atoms with Crippen molar-refractivity contribution in [1.29, 1.82) is 0 Å². The van der Waals surface area contributed by atoms with E-state index in [1.165, 1.54) is 36.6 Å². The molecule has 0 bridgehead atoms. The normalized spacial score (nSPS) is 26.3.